The van der Waals surface area contributed by atoms with Crippen LogP contribution in [-0.4, -0.2) is 26.1 Å². The summed E-state index contributed by atoms with van der Waals surface area (Å²) in [5.74, 6) is -2.33. The summed E-state index contributed by atoms with van der Waals surface area (Å²) in [4.78, 5) is 12.5. The third-order valence-corrected chi connectivity index (χ3v) is 6.10. The zero-order chi connectivity index (χ0) is 18.7. The van der Waals surface area contributed by atoms with Gasteiger partial charge in [-0.2, -0.15) is 0 Å². The highest BCUT2D eigenvalue weighted by Crippen LogP contribution is 2.24. The Bertz CT molecular complexity index is 931. The van der Waals surface area contributed by atoms with Crippen LogP contribution < -0.4 is 10.0 Å². The first-order valence-corrected chi connectivity index (χ1v) is 10.3. The maximum absolute atomic E-state index is 13.1. The first-order chi connectivity index (χ1) is 12.3. The maximum atomic E-state index is 13.1. The van der Waals surface area contributed by atoms with E-state index in [9.17, 15) is 22.0 Å². The summed E-state index contributed by atoms with van der Waals surface area (Å²) in [6.07, 6.45) is 1.66. The summed E-state index contributed by atoms with van der Waals surface area (Å²) in [6, 6.07) is 9.34. The van der Waals surface area contributed by atoms with Gasteiger partial charge < -0.3 is 5.32 Å². The molecule has 0 heterocycles. The molecular weight excluding hydrogens is 382 g/mol. The second kappa shape index (κ2) is 7.73. The van der Waals surface area contributed by atoms with Crippen LogP contribution in [0.3, 0.4) is 0 Å². The molecule has 2 N–H and O–H groups in total. The van der Waals surface area contributed by atoms with Crippen molar-refractivity contribution in [2.75, 3.05) is 11.1 Å². The van der Waals surface area contributed by atoms with Crippen molar-refractivity contribution in [1.29, 1.82) is 0 Å². The fourth-order valence-corrected chi connectivity index (χ4v) is 4.21. The molecule has 0 bridgehead atoms. The second-order valence-corrected chi connectivity index (χ2v) is 8.60. The minimum atomic E-state index is -3.60. The number of benzene rings is 2. The molecule has 1 saturated carbocycles. The molecule has 1 amide bonds. The number of halogens is 2. The molecule has 0 spiro atoms. The van der Waals surface area contributed by atoms with Crippen molar-refractivity contribution in [2.24, 2.45) is 0 Å². The van der Waals surface area contributed by atoms with Gasteiger partial charge in [-0.05, 0) is 49.2 Å². The Morgan fingerprint density at radius 2 is 1.88 bits per heavy atom. The highest BCUT2D eigenvalue weighted by atomic mass is 32.2. The van der Waals surface area contributed by atoms with Crippen LogP contribution in [0.5, 0.6) is 0 Å². The van der Waals surface area contributed by atoms with Gasteiger partial charge in [-0.15, -0.1) is 11.8 Å². The summed E-state index contributed by atoms with van der Waals surface area (Å²) in [7, 11) is -3.60. The lowest BCUT2D eigenvalue weighted by Gasteiger charge is -2.09. The van der Waals surface area contributed by atoms with E-state index in [1.54, 1.807) is 12.1 Å². The van der Waals surface area contributed by atoms with E-state index in [1.165, 1.54) is 18.2 Å². The van der Waals surface area contributed by atoms with Gasteiger partial charge in [0, 0.05) is 16.6 Å². The third kappa shape index (κ3) is 5.03. The highest BCUT2D eigenvalue weighted by Gasteiger charge is 2.28. The Hall–Kier alpha value is -1.97. The largest absolute Gasteiger partial charge is 0.325 e. The van der Waals surface area contributed by atoms with Gasteiger partial charge in [-0.1, -0.05) is 6.07 Å². The van der Waals surface area contributed by atoms with Crippen LogP contribution in [0, 0.1) is 11.6 Å². The maximum Gasteiger partial charge on any atom is 0.240 e. The third-order valence-electron chi connectivity index (χ3n) is 3.59. The first kappa shape index (κ1) is 18.8. The first-order valence-electron chi connectivity index (χ1n) is 7.83. The summed E-state index contributed by atoms with van der Waals surface area (Å²) >= 11 is 1.05. The molecule has 3 rings (SSSR count). The molecule has 1 fully saturated rings. The van der Waals surface area contributed by atoms with Crippen LogP contribution in [0.2, 0.25) is 0 Å². The van der Waals surface area contributed by atoms with Crippen LogP contribution in [0.15, 0.2) is 52.3 Å². The SMILES string of the molecule is O=C(CSc1ccc(F)c(F)c1)Nc1cccc(S(=O)(=O)NC2CC2)c1. The Balaban J connectivity index is 1.60. The number of sulfonamides is 1. The van der Waals surface area contributed by atoms with E-state index in [4.69, 9.17) is 0 Å². The minimum absolute atomic E-state index is 0.00856. The smallest absolute Gasteiger partial charge is 0.240 e. The van der Waals surface area contributed by atoms with E-state index < -0.39 is 21.7 Å². The molecule has 1 aliphatic rings. The number of thioether (sulfide) groups is 1. The molecule has 0 radical (unpaired) electrons. The molecule has 9 heteroatoms. The van der Waals surface area contributed by atoms with Gasteiger partial charge in [0.05, 0.1) is 10.6 Å². The summed E-state index contributed by atoms with van der Waals surface area (Å²) in [6.45, 7) is 0. The number of carbonyl (C=O) groups is 1. The molecular formula is C17H16F2N2O3S2. The van der Waals surface area contributed by atoms with Crippen molar-refractivity contribution in [3.8, 4) is 0 Å². The predicted molar refractivity (Wildman–Crippen MR) is 95.5 cm³/mol. The quantitative estimate of drug-likeness (QED) is 0.703. The van der Waals surface area contributed by atoms with Gasteiger partial charge in [0.1, 0.15) is 0 Å². The zero-order valence-electron chi connectivity index (χ0n) is 13.5. The average molecular weight is 398 g/mol. The van der Waals surface area contributed by atoms with E-state index >= 15 is 0 Å². The lowest BCUT2D eigenvalue weighted by Crippen LogP contribution is -2.25. The average Bonchev–Trinajstić information content (AvgIpc) is 3.39. The standard InChI is InChI=1S/C17H16F2N2O3S2/c18-15-7-6-13(9-16(15)19)25-10-17(22)20-12-2-1-3-14(8-12)26(23,24)21-11-4-5-11/h1-3,6-9,11,21H,4-5,10H2,(H,20,22). The lowest BCUT2D eigenvalue weighted by molar-refractivity contribution is -0.113. The fraction of sp³-hybridized carbons (Fsp3) is 0.235. The number of nitrogens with one attached hydrogen (secondary N) is 2. The molecule has 5 nitrogen and oxygen atoms in total. The lowest BCUT2D eigenvalue weighted by atomic mass is 10.3. The number of hydrogen-bond acceptors (Lipinski definition) is 4. The van der Waals surface area contributed by atoms with Crippen LogP contribution in [0.1, 0.15) is 12.8 Å². The number of hydrogen-bond donors (Lipinski definition) is 2. The normalized spacial score (nSPS) is 14.2. The minimum Gasteiger partial charge on any atom is -0.325 e. The molecule has 0 saturated heterocycles. The van der Waals surface area contributed by atoms with Crippen LogP contribution >= 0.6 is 11.8 Å². The summed E-state index contributed by atoms with van der Waals surface area (Å²) < 4.78 is 53.0. The Labute approximate surface area is 154 Å². The number of amides is 1. The summed E-state index contributed by atoms with van der Waals surface area (Å²) in [5, 5.41) is 2.60. The second-order valence-electron chi connectivity index (χ2n) is 5.84. The van der Waals surface area contributed by atoms with Crippen molar-refractivity contribution < 1.29 is 22.0 Å². The van der Waals surface area contributed by atoms with Crippen molar-refractivity contribution in [1.82, 2.24) is 4.72 Å². The van der Waals surface area contributed by atoms with E-state index in [-0.39, 0.29) is 22.6 Å². The molecule has 26 heavy (non-hydrogen) atoms. The molecule has 0 atom stereocenters. The Kier molecular flexibility index (Phi) is 5.59. The van der Waals surface area contributed by atoms with E-state index in [2.05, 4.69) is 10.0 Å². The zero-order valence-corrected chi connectivity index (χ0v) is 15.2. The van der Waals surface area contributed by atoms with E-state index in [0.29, 0.717) is 10.6 Å². The Morgan fingerprint density at radius 3 is 2.58 bits per heavy atom. The van der Waals surface area contributed by atoms with Crippen molar-refractivity contribution >= 4 is 33.4 Å². The summed E-state index contributed by atoms with van der Waals surface area (Å²) in [5.41, 5.74) is 0.347. The van der Waals surface area contributed by atoms with Crippen molar-refractivity contribution in [2.45, 2.75) is 28.7 Å². The van der Waals surface area contributed by atoms with Crippen LogP contribution in [0.4, 0.5) is 14.5 Å². The molecule has 0 aromatic heterocycles. The molecule has 2 aromatic rings. The molecule has 0 aliphatic heterocycles. The highest BCUT2D eigenvalue weighted by molar-refractivity contribution is 8.00. The fourth-order valence-electron chi connectivity index (χ4n) is 2.14. The van der Waals surface area contributed by atoms with Gasteiger partial charge >= 0.3 is 0 Å². The van der Waals surface area contributed by atoms with Gasteiger partial charge in [-0.25, -0.2) is 21.9 Å². The van der Waals surface area contributed by atoms with E-state index in [0.717, 1.165) is 36.7 Å². The molecule has 2 aromatic carbocycles. The van der Waals surface area contributed by atoms with Crippen LogP contribution in [-0.2, 0) is 14.8 Å². The van der Waals surface area contributed by atoms with Gasteiger partial charge in [0.25, 0.3) is 0 Å². The van der Waals surface area contributed by atoms with Gasteiger partial charge in [0.15, 0.2) is 11.6 Å². The Morgan fingerprint density at radius 1 is 1.12 bits per heavy atom. The number of rotatable bonds is 7. The van der Waals surface area contributed by atoms with E-state index in [1.807, 2.05) is 0 Å². The van der Waals surface area contributed by atoms with Gasteiger partial charge in [-0.3, -0.25) is 4.79 Å². The predicted octanol–water partition coefficient (Wildman–Crippen LogP) is 3.14. The topological polar surface area (TPSA) is 75.3 Å². The van der Waals surface area contributed by atoms with Crippen molar-refractivity contribution in [3.63, 3.8) is 0 Å². The molecule has 0 unspecified atom stereocenters. The molecule has 1 aliphatic carbocycles. The number of anilines is 1. The van der Waals surface area contributed by atoms with Crippen molar-refractivity contribution in [3.05, 3.63) is 54.1 Å². The van der Waals surface area contributed by atoms with Crippen LogP contribution in [0.25, 0.3) is 0 Å². The van der Waals surface area contributed by atoms with Gasteiger partial charge in [0.2, 0.25) is 15.9 Å². The molecule has 138 valence electrons. The number of carbonyl (C=O) groups excluding carboxylic acids is 1. The monoisotopic (exact) mass is 398 g/mol.